The first kappa shape index (κ1) is 61.9. The second-order valence-electron chi connectivity index (χ2n) is 6.40. The van der Waals surface area contributed by atoms with E-state index in [0.717, 1.165) is 0 Å². The first-order valence-corrected chi connectivity index (χ1v) is 21.5. The molecule has 0 heterocycles. The Balaban J connectivity index is -0.0000000567. The van der Waals surface area contributed by atoms with Gasteiger partial charge in [-0.25, -0.2) is 0 Å². The van der Waals surface area contributed by atoms with Crippen molar-refractivity contribution in [3.63, 3.8) is 0 Å². The van der Waals surface area contributed by atoms with Crippen molar-refractivity contribution < 1.29 is 71.9 Å². The van der Waals surface area contributed by atoms with E-state index in [2.05, 4.69) is 108 Å². The molecule has 3 aromatic carbocycles. The average Bonchev–Trinajstić information content (AvgIpc) is 3.06. The van der Waals surface area contributed by atoms with Crippen molar-refractivity contribution in [2.75, 3.05) is 0 Å². The average molecular weight is 782 g/mol. The van der Waals surface area contributed by atoms with E-state index in [-0.39, 0.29) is 33.6 Å². The van der Waals surface area contributed by atoms with Gasteiger partial charge < -0.3 is 38.4 Å². The Morgan fingerprint density at radius 1 is 0.341 bits per heavy atom. The standard InChI is InChI=1S/C18H16Ge.C3H10Ge.8CH2O.2Co/c1-4-10-16(11-5-1)19(17-12-6-2-7-13-17)18-14-8-3-9-15-18;1-4(2)3;8*1-2;;/h1-15,19H;4H,1-3H3;8*1H2;;. The summed E-state index contributed by atoms with van der Waals surface area (Å²) < 4.78 is 4.56. The van der Waals surface area contributed by atoms with Crippen molar-refractivity contribution in [2.45, 2.75) is 17.3 Å². The molecule has 0 unspecified atom stereocenters. The third-order valence-electron chi connectivity index (χ3n) is 3.40. The molecule has 0 N–H and O–H groups in total. The molecule has 0 bridgehead atoms. The Kier molecular flexibility index (Phi) is 99.5. The summed E-state index contributed by atoms with van der Waals surface area (Å²) in [4.78, 5) is 64.0. The van der Waals surface area contributed by atoms with Crippen molar-refractivity contribution in [1.82, 2.24) is 0 Å². The van der Waals surface area contributed by atoms with Crippen LogP contribution in [0.25, 0.3) is 0 Å². The predicted molar refractivity (Wildman–Crippen MR) is 167 cm³/mol. The molecule has 12 heteroatoms. The first-order valence-electron chi connectivity index (χ1n) is 10.6. The number of rotatable bonds is 3. The fraction of sp³-hybridized carbons (Fsp3) is 0.103. The van der Waals surface area contributed by atoms with Gasteiger partial charge in [-0.15, -0.1) is 0 Å². The predicted octanol–water partition coefficient (Wildman–Crippen LogP) is 1.55. The molecule has 0 spiro atoms. The Morgan fingerprint density at radius 3 is 0.585 bits per heavy atom. The van der Waals surface area contributed by atoms with Crippen molar-refractivity contribution in [1.29, 1.82) is 0 Å². The molecule has 0 aliphatic heterocycles. The zero-order valence-electron chi connectivity index (χ0n) is 23.9. The van der Waals surface area contributed by atoms with Crippen LogP contribution in [0.3, 0.4) is 0 Å². The summed E-state index contributed by atoms with van der Waals surface area (Å²) in [7, 11) is 0. The molecule has 0 saturated heterocycles. The molecule has 0 aromatic heterocycles. The zero-order chi connectivity index (χ0) is 32.5. The molecule has 232 valence electrons. The molecule has 0 aliphatic carbocycles. The van der Waals surface area contributed by atoms with Gasteiger partial charge in [-0.1, -0.05) is 0 Å². The molecule has 8 nitrogen and oxygen atoms in total. The van der Waals surface area contributed by atoms with Crippen LogP contribution in [-0.4, -0.2) is 83.0 Å². The van der Waals surface area contributed by atoms with Crippen LogP contribution < -0.4 is 13.2 Å². The quantitative estimate of drug-likeness (QED) is 0.366. The molecule has 2 radical (unpaired) electrons. The summed E-state index contributed by atoms with van der Waals surface area (Å²) in [5.41, 5.74) is 0. The van der Waals surface area contributed by atoms with E-state index in [0.29, 0.717) is 0 Å². The Morgan fingerprint density at radius 2 is 0.463 bits per heavy atom. The van der Waals surface area contributed by atoms with Gasteiger partial charge in [-0.2, -0.15) is 0 Å². The third kappa shape index (κ3) is 41.7. The summed E-state index contributed by atoms with van der Waals surface area (Å²) >= 11 is -2.35. The number of carbonyl (C=O) groups is 8. The van der Waals surface area contributed by atoms with Crippen LogP contribution in [-0.2, 0) is 71.9 Å². The van der Waals surface area contributed by atoms with E-state index in [1.165, 1.54) is 13.2 Å². The monoisotopic (exact) mass is 784 g/mol. The van der Waals surface area contributed by atoms with Crippen molar-refractivity contribution in [3.05, 3.63) is 91.0 Å². The summed E-state index contributed by atoms with van der Waals surface area (Å²) in [6.45, 7) is 16.0. The van der Waals surface area contributed by atoms with Crippen LogP contribution in [0, 0.1) is 0 Å². The molecule has 41 heavy (non-hydrogen) atoms. The van der Waals surface area contributed by atoms with Gasteiger partial charge in [0.25, 0.3) is 0 Å². The third-order valence-corrected chi connectivity index (χ3v) is 10.0. The molecule has 0 atom stereocenters. The minimum atomic E-state index is -1.87. The second-order valence-corrected chi connectivity index (χ2v) is 19.7. The number of carbonyl (C=O) groups excluding carboxylic acids is 8. The number of hydrogen-bond donors (Lipinski definition) is 0. The fourth-order valence-electron chi connectivity index (χ4n) is 2.51. The van der Waals surface area contributed by atoms with Crippen LogP contribution in [0.2, 0.25) is 17.3 Å². The molecule has 0 fully saturated rings. The van der Waals surface area contributed by atoms with Crippen molar-refractivity contribution in [3.8, 4) is 0 Å². The number of hydrogen-bond acceptors (Lipinski definition) is 8. The summed E-state index contributed by atoms with van der Waals surface area (Å²) in [6, 6.07) is 32.9. The van der Waals surface area contributed by atoms with Crippen LogP contribution in [0.4, 0.5) is 0 Å². The molecular formula is C29H42Co2Ge2O8. The Bertz CT molecular complexity index is 704. The van der Waals surface area contributed by atoms with Gasteiger partial charge in [0.05, 0.1) is 0 Å². The van der Waals surface area contributed by atoms with E-state index in [9.17, 15) is 0 Å². The van der Waals surface area contributed by atoms with Gasteiger partial charge in [0.1, 0.15) is 54.3 Å². The zero-order valence-corrected chi connectivity index (χ0v) is 30.8. The van der Waals surface area contributed by atoms with Gasteiger partial charge in [0.15, 0.2) is 0 Å². The van der Waals surface area contributed by atoms with E-state index in [1.807, 2.05) is 54.3 Å². The van der Waals surface area contributed by atoms with Gasteiger partial charge in [-0.05, 0) is 0 Å². The number of benzene rings is 3. The normalized spacial score (nSPS) is 6.56. The van der Waals surface area contributed by atoms with Gasteiger partial charge in [0, 0.05) is 33.6 Å². The molecule has 3 aromatic rings. The van der Waals surface area contributed by atoms with Crippen LogP contribution in [0.15, 0.2) is 91.0 Å². The summed E-state index contributed by atoms with van der Waals surface area (Å²) in [5.74, 6) is 7.06. The van der Waals surface area contributed by atoms with E-state index >= 15 is 0 Å². The van der Waals surface area contributed by atoms with Gasteiger partial charge in [0.2, 0.25) is 0 Å². The molecule has 0 aliphatic rings. The first-order chi connectivity index (χ1) is 19.2. The maximum atomic E-state index is 8.00. The minimum absolute atomic E-state index is 0. The SMILES string of the molecule is C=O.C=O.C=O.C=O.C=O.C=O.C=O.C=O.[CH3][GeH]([CH3])[CH3].[Co].[Co].c1cc[c]([GeH]([c]2ccccc2)[c]2ccccc2)cc1. The summed E-state index contributed by atoms with van der Waals surface area (Å²) in [6.07, 6.45) is 0. The fourth-order valence-corrected chi connectivity index (χ4v) is 8.76. The topological polar surface area (TPSA) is 137 Å². The van der Waals surface area contributed by atoms with Crippen LogP contribution in [0.1, 0.15) is 0 Å². The van der Waals surface area contributed by atoms with E-state index in [1.54, 1.807) is 0 Å². The van der Waals surface area contributed by atoms with E-state index in [4.69, 9.17) is 38.4 Å². The molecule has 0 amide bonds. The second kappa shape index (κ2) is 65.8. The van der Waals surface area contributed by atoms with Crippen molar-refractivity contribution >= 4 is 96.2 Å². The van der Waals surface area contributed by atoms with E-state index < -0.39 is 28.7 Å². The van der Waals surface area contributed by atoms with Gasteiger partial charge in [-0.3, -0.25) is 0 Å². The molecular weight excluding hydrogens is 739 g/mol. The van der Waals surface area contributed by atoms with Crippen LogP contribution in [0.5, 0.6) is 0 Å². The summed E-state index contributed by atoms with van der Waals surface area (Å²) in [5, 5.41) is 0. The van der Waals surface area contributed by atoms with Crippen molar-refractivity contribution in [2.24, 2.45) is 0 Å². The van der Waals surface area contributed by atoms with Crippen LogP contribution >= 0.6 is 0 Å². The molecule has 0 saturated carbocycles. The Hall–Kier alpha value is -2.88. The Labute approximate surface area is 274 Å². The molecule has 3 rings (SSSR count). The maximum absolute atomic E-state index is 8.00. The van der Waals surface area contributed by atoms with Gasteiger partial charge >= 0.3 is 150 Å².